The van der Waals surface area contributed by atoms with Crippen molar-refractivity contribution in [2.24, 2.45) is 0 Å². The molecule has 3 aliphatic heterocycles. The summed E-state index contributed by atoms with van der Waals surface area (Å²) in [4.78, 5) is 40.1. The van der Waals surface area contributed by atoms with Crippen molar-refractivity contribution in [2.75, 3.05) is 40.1 Å². The van der Waals surface area contributed by atoms with Gasteiger partial charge in [0.2, 0.25) is 5.43 Å². The molecule has 0 spiro atoms. The number of benzene rings is 3. The Bertz CT molecular complexity index is 2480. The number of phenols is 4. The standard InChI is InChI=1S/C41H44O22/c1-57-20-7-14(4-5-16(20)45)35-29(40(54)55)28-26-21(9-18(47)36(28)62-35)60-22-8-17(46)25(32(51)27(22)33(26)52)38-39(34(53)30(49)23(11-44)61-38)63-37-19(48)12-58-24(31(37)50)13-59-41(56)15(10-43)3-2-6-42/h3-5,7-9,19,23-24,29-31,34-35,37-39,42-51,53H,2,6,10-13H2,1H3,(H,54,55)/b15-3+/t19-,23-,24+,29+,30-,31+,34+,35-,37+,38+,39-/m1/s1. The second kappa shape index (κ2) is 18.1. The Hall–Kier alpha value is -5.79. The number of carboxylic acid groups (broad SMARTS) is 1. The van der Waals surface area contributed by atoms with Gasteiger partial charge >= 0.3 is 11.9 Å². The van der Waals surface area contributed by atoms with E-state index in [1.165, 1.54) is 31.4 Å². The van der Waals surface area contributed by atoms with E-state index in [9.17, 15) is 70.6 Å². The Morgan fingerprint density at radius 1 is 0.841 bits per heavy atom. The van der Waals surface area contributed by atoms with Crippen LogP contribution in [0.25, 0.3) is 21.9 Å². The predicted molar refractivity (Wildman–Crippen MR) is 208 cm³/mol. The van der Waals surface area contributed by atoms with Gasteiger partial charge in [0, 0.05) is 24.3 Å². The summed E-state index contributed by atoms with van der Waals surface area (Å²) in [5.74, 6) is -7.55. The van der Waals surface area contributed by atoms with Crippen LogP contribution >= 0.6 is 0 Å². The van der Waals surface area contributed by atoms with E-state index in [1.807, 2.05) is 0 Å². The lowest BCUT2D eigenvalue weighted by Gasteiger charge is -2.46. The third-order valence-electron chi connectivity index (χ3n) is 11.2. The van der Waals surface area contributed by atoms with Crippen LogP contribution in [0.2, 0.25) is 0 Å². The molecule has 22 nitrogen and oxygen atoms in total. The van der Waals surface area contributed by atoms with Gasteiger partial charge in [0.15, 0.2) is 23.0 Å². The number of phenolic OH excluding ortho intramolecular Hbond substituents is 4. The van der Waals surface area contributed by atoms with E-state index >= 15 is 0 Å². The zero-order chi connectivity index (χ0) is 45.6. The summed E-state index contributed by atoms with van der Waals surface area (Å²) < 4.78 is 39.4. The number of rotatable bonds is 13. The molecule has 3 aliphatic rings. The molecule has 0 radical (unpaired) electrons. The van der Waals surface area contributed by atoms with Crippen LogP contribution in [-0.2, 0) is 28.5 Å². The number of aromatic hydroxyl groups is 4. The number of ether oxygens (including phenoxy) is 6. The molecule has 63 heavy (non-hydrogen) atoms. The lowest BCUT2D eigenvalue weighted by atomic mass is 9.87. The number of carbonyl (C=O) groups excluding carboxylic acids is 1. The number of aliphatic hydroxyl groups is 7. The van der Waals surface area contributed by atoms with Crippen molar-refractivity contribution in [3.05, 3.63) is 68.9 Å². The Kier molecular flexibility index (Phi) is 13.0. The third-order valence-corrected chi connectivity index (χ3v) is 11.2. The summed E-state index contributed by atoms with van der Waals surface area (Å²) in [6.07, 6.45) is -16.3. The first-order chi connectivity index (χ1) is 30.1. The molecule has 0 bridgehead atoms. The molecular weight excluding hydrogens is 844 g/mol. The van der Waals surface area contributed by atoms with Crippen LogP contribution in [-0.4, -0.2) is 162 Å². The summed E-state index contributed by atoms with van der Waals surface area (Å²) in [7, 11) is 1.26. The Balaban J connectivity index is 1.30. The number of esters is 1. The molecule has 4 heterocycles. The average Bonchev–Trinajstić information content (AvgIpc) is 3.66. The molecule has 0 saturated carbocycles. The minimum absolute atomic E-state index is 0.0287. The van der Waals surface area contributed by atoms with E-state index in [0.29, 0.717) is 0 Å². The molecule has 4 aromatic rings. The van der Waals surface area contributed by atoms with Crippen molar-refractivity contribution in [2.45, 2.75) is 73.4 Å². The Morgan fingerprint density at radius 2 is 1.56 bits per heavy atom. The molecule has 3 aromatic carbocycles. The first-order valence-corrected chi connectivity index (χ1v) is 19.4. The van der Waals surface area contributed by atoms with E-state index in [1.54, 1.807) is 0 Å². The monoisotopic (exact) mass is 888 g/mol. The van der Waals surface area contributed by atoms with Crippen molar-refractivity contribution in [3.8, 4) is 34.5 Å². The van der Waals surface area contributed by atoms with Crippen LogP contribution in [0.3, 0.4) is 0 Å². The lowest BCUT2D eigenvalue weighted by molar-refractivity contribution is -0.288. The van der Waals surface area contributed by atoms with E-state index < -0.39 is 156 Å². The number of aliphatic hydroxyl groups excluding tert-OH is 7. The van der Waals surface area contributed by atoms with E-state index in [0.717, 1.165) is 12.1 Å². The van der Waals surface area contributed by atoms with Gasteiger partial charge < -0.3 is 94.1 Å². The van der Waals surface area contributed by atoms with Gasteiger partial charge in [-0.15, -0.1) is 0 Å². The maximum atomic E-state index is 14.6. The maximum absolute atomic E-state index is 14.6. The fourth-order valence-corrected chi connectivity index (χ4v) is 8.11. The predicted octanol–water partition coefficient (Wildman–Crippen LogP) is -1.05. The van der Waals surface area contributed by atoms with Gasteiger partial charge in [-0.1, -0.05) is 12.1 Å². The number of carbonyl (C=O) groups is 2. The number of hydrogen-bond acceptors (Lipinski definition) is 21. The van der Waals surface area contributed by atoms with E-state index in [4.69, 9.17) is 37.9 Å². The molecule has 2 saturated heterocycles. The third kappa shape index (κ3) is 8.05. The highest BCUT2D eigenvalue weighted by atomic mass is 16.6. The maximum Gasteiger partial charge on any atom is 0.336 e. The topological polar surface area (TPSA) is 362 Å². The fraction of sp³-hybridized carbons (Fsp3) is 0.439. The summed E-state index contributed by atoms with van der Waals surface area (Å²) in [6, 6.07) is 5.69. The Morgan fingerprint density at radius 3 is 2.22 bits per heavy atom. The van der Waals surface area contributed by atoms with Gasteiger partial charge in [0.25, 0.3) is 0 Å². The smallest absolute Gasteiger partial charge is 0.336 e. The minimum atomic E-state index is -2.07. The van der Waals surface area contributed by atoms with Crippen molar-refractivity contribution in [1.82, 2.24) is 0 Å². The van der Waals surface area contributed by atoms with Gasteiger partial charge in [0.05, 0.1) is 43.5 Å². The quantitative estimate of drug-likeness (QED) is 0.0433. The largest absolute Gasteiger partial charge is 0.507 e. The summed E-state index contributed by atoms with van der Waals surface area (Å²) in [5, 5.41) is 127. The second-order valence-electron chi connectivity index (χ2n) is 15.0. The molecule has 340 valence electrons. The van der Waals surface area contributed by atoms with Crippen molar-refractivity contribution < 1.29 is 104 Å². The highest BCUT2D eigenvalue weighted by Crippen LogP contribution is 2.54. The van der Waals surface area contributed by atoms with Crippen LogP contribution < -0.4 is 14.9 Å². The average molecular weight is 889 g/mol. The molecule has 0 amide bonds. The van der Waals surface area contributed by atoms with Crippen LogP contribution in [0, 0.1) is 0 Å². The van der Waals surface area contributed by atoms with Gasteiger partial charge in [-0.25, -0.2) is 4.79 Å². The zero-order valence-corrected chi connectivity index (χ0v) is 33.0. The van der Waals surface area contributed by atoms with Gasteiger partial charge in [-0.05, 0) is 24.1 Å². The number of fused-ring (bicyclic) bond motifs is 4. The molecule has 0 aliphatic carbocycles. The van der Waals surface area contributed by atoms with Crippen LogP contribution in [0.15, 0.2) is 51.2 Å². The summed E-state index contributed by atoms with van der Waals surface area (Å²) in [6.45, 7) is -3.19. The van der Waals surface area contributed by atoms with Gasteiger partial charge in [-0.3, -0.25) is 9.59 Å². The lowest BCUT2D eigenvalue weighted by Crippen LogP contribution is -2.61. The molecule has 11 atom stereocenters. The van der Waals surface area contributed by atoms with Gasteiger partial charge in [0.1, 0.15) is 102 Å². The number of methoxy groups -OCH3 is 1. The normalized spacial score (nSPS) is 28.4. The Labute approximate surface area is 354 Å². The van der Waals surface area contributed by atoms with Gasteiger partial charge in [-0.2, -0.15) is 0 Å². The molecule has 12 N–H and O–H groups in total. The van der Waals surface area contributed by atoms with E-state index in [-0.39, 0.29) is 46.8 Å². The second-order valence-corrected chi connectivity index (χ2v) is 15.0. The van der Waals surface area contributed by atoms with Crippen molar-refractivity contribution >= 4 is 33.9 Å². The molecule has 7 rings (SSSR count). The van der Waals surface area contributed by atoms with Crippen LogP contribution in [0.5, 0.6) is 34.5 Å². The van der Waals surface area contributed by atoms with Crippen LogP contribution in [0.1, 0.15) is 41.2 Å². The molecule has 22 heteroatoms. The minimum Gasteiger partial charge on any atom is -0.507 e. The molecule has 0 unspecified atom stereocenters. The molecular formula is C41H44O22. The zero-order valence-electron chi connectivity index (χ0n) is 33.0. The summed E-state index contributed by atoms with van der Waals surface area (Å²) >= 11 is 0. The van der Waals surface area contributed by atoms with Crippen molar-refractivity contribution in [3.63, 3.8) is 0 Å². The number of hydrogen-bond donors (Lipinski definition) is 12. The number of carboxylic acids is 1. The first kappa shape index (κ1) is 45.2. The molecule has 1 aromatic heterocycles. The van der Waals surface area contributed by atoms with Crippen molar-refractivity contribution in [1.29, 1.82) is 0 Å². The first-order valence-electron chi connectivity index (χ1n) is 19.4. The SMILES string of the molecule is COc1cc([C@H]2Oc3c(O)cc4oc5cc(O)c([C@@H]6O[C@H](CO)[C@@H](O)[C@H](O)[C@H]6O[C@@H]6[C@@H](O)[C@H](COC(=O)/C(=C/CCO)CO)OC[C@H]6O)c(O)c5c(=O)c4c3[C@@H]2C(=O)O)ccc1O. The fourth-order valence-electron chi connectivity index (χ4n) is 8.11. The van der Waals surface area contributed by atoms with Crippen LogP contribution in [0.4, 0.5) is 0 Å². The summed E-state index contributed by atoms with van der Waals surface area (Å²) in [5.41, 5.74) is -3.07. The van der Waals surface area contributed by atoms with E-state index in [2.05, 4.69) is 0 Å². The number of aliphatic carboxylic acids is 1. The molecule has 2 fully saturated rings. The highest BCUT2D eigenvalue weighted by Gasteiger charge is 2.52. The highest BCUT2D eigenvalue weighted by molar-refractivity contribution is 6.00.